The molecular formula is C11H18N2S. The van der Waals surface area contributed by atoms with Crippen molar-refractivity contribution in [3.05, 3.63) is 11.8 Å². The molecule has 1 fully saturated rings. The molecule has 1 N–H and O–H groups in total. The monoisotopic (exact) mass is 210 g/mol. The lowest BCUT2D eigenvalue weighted by Crippen LogP contribution is -2.47. The van der Waals surface area contributed by atoms with Crippen LogP contribution in [0.2, 0.25) is 0 Å². The van der Waals surface area contributed by atoms with Gasteiger partial charge in [0, 0.05) is 31.8 Å². The second-order valence-electron chi connectivity index (χ2n) is 4.47. The minimum atomic E-state index is 0.596. The van der Waals surface area contributed by atoms with Crippen molar-refractivity contribution in [1.29, 1.82) is 0 Å². The number of hydrogen-bond acceptors (Lipinski definition) is 2. The van der Waals surface area contributed by atoms with Crippen LogP contribution < -0.4 is 5.32 Å². The van der Waals surface area contributed by atoms with E-state index < -0.39 is 0 Å². The lowest BCUT2D eigenvalue weighted by atomic mass is 9.80. The summed E-state index contributed by atoms with van der Waals surface area (Å²) in [6, 6.07) is 0.596. The van der Waals surface area contributed by atoms with Gasteiger partial charge in [0.05, 0.1) is 0 Å². The Labute approximate surface area is 91.4 Å². The molecule has 0 saturated heterocycles. The maximum atomic E-state index is 5.26. The van der Waals surface area contributed by atoms with Crippen molar-refractivity contribution in [2.24, 2.45) is 5.92 Å². The van der Waals surface area contributed by atoms with Crippen molar-refractivity contribution in [3.8, 4) is 0 Å². The van der Waals surface area contributed by atoms with Crippen molar-refractivity contribution in [1.82, 2.24) is 10.2 Å². The van der Waals surface area contributed by atoms with E-state index in [2.05, 4.69) is 30.4 Å². The maximum absolute atomic E-state index is 5.26. The Bertz CT molecular complexity index is 270. The third-order valence-electron chi connectivity index (χ3n) is 3.27. The molecule has 0 radical (unpaired) electrons. The average Bonchev–Trinajstić information content (AvgIpc) is 2.16. The summed E-state index contributed by atoms with van der Waals surface area (Å²) in [4.78, 5) is 3.13. The summed E-state index contributed by atoms with van der Waals surface area (Å²) in [7, 11) is 4.23. The number of fused-ring (bicyclic) bond motifs is 1. The van der Waals surface area contributed by atoms with Gasteiger partial charge in [-0.1, -0.05) is 25.1 Å². The number of thiocarbonyl (C=S) groups is 1. The predicted molar refractivity (Wildman–Crippen MR) is 63.2 cm³/mol. The Morgan fingerprint density at radius 2 is 2.07 bits per heavy atom. The zero-order valence-electron chi connectivity index (χ0n) is 8.92. The van der Waals surface area contributed by atoms with Crippen LogP contribution in [0.25, 0.3) is 0 Å². The summed E-state index contributed by atoms with van der Waals surface area (Å²) in [5.74, 6) is 0.686. The summed E-state index contributed by atoms with van der Waals surface area (Å²) in [5.41, 5.74) is 1.42. The van der Waals surface area contributed by atoms with Crippen LogP contribution in [0.4, 0.5) is 0 Å². The molecule has 2 atom stereocenters. The van der Waals surface area contributed by atoms with E-state index in [1.165, 1.54) is 31.4 Å². The molecule has 0 aromatic carbocycles. The van der Waals surface area contributed by atoms with Crippen molar-refractivity contribution in [3.63, 3.8) is 0 Å². The molecule has 0 aromatic rings. The van der Waals surface area contributed by atoms with Gasteiger partial charge < -0.3 is 10.2 Å². The zero-order valence-corrected chi connectivity index (χ0v) is 9.73. The van der Waals surface area contributed by atoms with Gasteiger partial charge in [-0.15, -0.1) is 0 Å². The highest BCUT2D eigenvalue weighted by Gasteiger charge is 2.32. The van der Waals surface area contributed by atoms with Crippen LogP contribution in [0.15, 0.2) is 11.8 Å². The van der Waals surface area contributed by atoms with Crippen LogP contribution in [-0.4, -0.2) is 30.0 Å². The highest BCUT2D eigenvalue weighted by atomic mass is 32.1. The summed E-state index contributed by atoms with van der Waals surface area (Å²) >= 11 is 5.26. The van der Waals surface area contributed by atoms with Crippen LogP contribution in [-0.2, 0) is 0 Å². The lowest BCUT2D eigenvalue weighted by molar-refractivity contribution is 0.272. The van der Waals surface area contributed by atoms with Gasteiger partial charge in [0.25, 0.3) is 0 Å². The van der Waals surface area contributed by atoms with Crippen molar-refractivity contribution >= 4 is 17.2 Å². The third kappa shape index (κ3) is 1.78. The molecule has 2 rings (SSSR count). The van der Waals surface area contributed by atoms with E-state index in [4.69, 9.17) is 12.2 Å². The zero-order chi connectivity index (χ0) is 10.1. The molecule has 0 aromatic heterocycles. The SMILES string of the molecule is CN(C)C1=CC(=S)N[C@@H]2CCCC[C@@H]12. The Morgan fingerprint density at radius 3 is 2.79 bits per heavy atom. The van der Waals surface area contributed by atoms with Gasteiger partial charge >= 0.3 is 0 Å². The molecule has 3 heteroatoms. The Hall–Kier alpha value is -0.570. The third-order valence-corrected chi connectivity index (χ3v) is 3.50. The van der Waals surface area contributed by atoms with Gasteiger partial charge in [0.1, 0.15) is 4.99 Å². The minimum absolute atomic E-state index is 0.596. The summed E-state index contributed by atoms with van der Waals surface area (Å²) in [5, 5.41) is 3.43. The lowest BCUT2D eigenvalue weighted by Gasteiger charge is -2.40. The second-order valence-corrected chi connectivity index (χ2v) is 4.91. The van der Waals surface area contributed by atoms with Gasteiger partial charge in [-0.05, 0) is 18.9 Å². The van der Waals surface area contributed by atoms with E-state index in [1.54, 1.807) is 0 Å². The van der Waals surface area contributed by atoms with Gasteiger partial charge in [0.15, 0.2) is 0 Å². The molecule has 1 saturated carbocycles. The van der Waals surface area contributed by atoms with Crippen molar-refractivity contribution in [2.45, 2.75) is 31.7 Å². The van der Waals surface area contributed by atoms with Crippen LogP contribution in [0.1, 0.15) is 25.7 Å². The molecule has 2 aliphatic rings. The van der Waals surface area contributed by atoms with Crippen LogP contribution in [0.3, 0.4) is 0 Å². The molecule has 1 heterocycles. The van der Waals surface area contributed by atoms with E-state index in [9.17, 15) is 0 Å². The van der Waals surface area contributed by atoms with Crippen LogP contribution in [0, 0.1) is 5.92 Å². The minimum Gasteiger partial charge on any atom is -0.381 e. The smallest absolute Gasteiger partial charge is 0.101 e. The standard InChI is InChI=1S/C11H18N2S/c1-13(2)10-7-11(14)12-9-6-4-3-5-8(9)10/h7-9H,3-6H2,1-2H3,(H,12,14)/t8-,9-/m1/s1. The van der Waals surface area contributed by atoms with E-state index in [1.807, 2.05) is 0 Å². The molecule has 0 amide bonds. The fraction of sp³-hybridized carbons (Fsp3) is 0.727. The predicted octanol–water partition coefficient (Wildman–Crippen LogP) is 1.92. The summed E-state index contributed by atoms with van der Waals surface area (Å²) in [6.45, 7) is 0. The summed E-state index contributed by atoms with van der Waals surface area (Å²) in [6.07, 6.45) is 7.42. The Morgan fingerprint density at radius 1 is 1.36 bits per heavy atom. The topological polar surface area (TPSA) is 15.3 Å². The first-order valence-corrected chi connectivity index (χ1v) is 5.78. The highest BCUT2D eigenvalue weighted by molar-refractivity contribution is 7.80. The highest BCUT2D eigenvalue weighted by Crippen LogP contribution is 2.33. The molecular weight excluding hydrogens is 192 g/mol. The second kappa shape index (κ2) is 3.89. The fourth-order valence-electron chi connectivity index (χ4n) is 2.58. The van der Waals surface area contributed by atoms with E-state index in [0.29, 0.717) is 12.0 Å². The van der Waals surface area contributed by atoms with Gasteiger partial charge in [-0.3, -0.25) is 0 Å². The first-order chi connectivity index (χ1) is 6.68. The van der Waals surface area contributed by atoms with Crippen molar-refractivity contribution in [2.75, 3.05) is 14.1 Å². The number of nitrogens with one attached hydrogen (secondary N) is 1. The first-order valence-electron chi connectivity index (χ1n) is 5.38. The number of rotatable bonds is 1. The van der Waals surface area contributed by atoms with E-state index >= 15 is 0 Å². The molecule has 78 valence electrons. The quantitative estimate of drug-likeness (QED) is 0.666. The molecule has 0 unspecified atom stereocenters. The Kier molecular flexibility index (Phi) is 2.77. The van der Waals surface area contributed by atoms with Gasteiger partial charge in [0.2, 0.25) is 0 Å². The molecule has 0 spiro atoms. The maximum Gasteiger partial charge on any atom is 0.101 e. The van der Waals surface area contributed by atoms with Crippen LogP contribution in [0.5, 0.6) is 0 Å². The van der Waals surface area contributed by atoms with E-state index in [0.717, 1.165) is 4.99 Å². The van der Waals surface area contributed by atoms with Crippen LogP contribution >= 0.6 is 12.2 Å². The van der Waals surface area contributed by atoms with Crippen molar-refractivity contribution < 1.29 is 0 Å². The molecule has 2 nitrogen and oxygen atoms in total. The largest absolute Gasteiger partial charge is 0.381 e. The molecule has 1 aliphatic carbocycles. The average molecular weight is 210 g/mol. The first kappa shape index (κ1) is 9.97. The molecule has 14 heavy (non-hydrogen) atoms. The summed E-state index contributed by atoms with van der Waals surface area (Å²) < 4.78 is 0. The molecule has 1 aliphatic heterocycles. The van der Waals surface area contributed by atoms with Gasteiger partial charge in [-0.25, -0.2) is 0 Å². The number of hydrogen-bond donors (Lipinski definition) is 1. The normalized spacial score (nSPS) is 31.6. The van der Waals surface area contributed by atoms with Gasteiger partial charge in [-0.2, -0.15) is 0 Å². The molecule has 0 bridgehead atoms. The fourth-order valence-corrected chi connectivity index (χ4v) is 2.86. The van der Waals surface area contributed by atoms with E-state index in [-0.39, 0.29) is 0 Å². The Balaban J connectivity index is 2.23. The number of nitrogens with zero attached hydrogens (tertiary/aromatic N) is 1.